The van der Waals surface area contributed by atoms with Crippen LogP contribution in [-0.4, -0.2) is 31.3 Å². The van der Waals surface area contributed by atoms with Gasteiger partial charge in [0.1, 0.15) is 0 Å². The molecule has 0 saturated carbocycles. The highest BCUT2D eigenvalue weighted by molar-refractivity contribution is 5.98. The molecular weight excluding hydrogens is 250 g/mol. The maximum atomic E-state index is 6.03. The number of benzene rings is 1. The van der Waals surface area contributed by atoms with E-state index in [2.05, 4.69) is 35.9 Å². The number of rotatable bonds is 6. The monoisotopic (exact) mass is 273 g/mol. The lowest BCUT2D eigenvalue weighted by Gasteiger charge is -2.31. The van der Waals surface area contributed by atoms with Crippen molar-refractivity contribution in [2.24, 2.45) is 0 Å². The Bertz CT molecular complexity index is 571. The van der Waals surface area contributed by atoms with Crippen LogP contribution >= 0.6 is 0 Å². The van der Waals surface area contributed by atoms with Crippen LogP contribution in [0.2, 0.25) is 0 Å². The summed E-state index contributed by atoms with van der Waals surface area (Å²) in [7, 11) is 1.73. The normalized spacial score (nSPS) is 12.6. The van der Waals surface area contributed by atoms with Crippen LogP contribution in [0.1, 0.15) is 20.3 Å². The van der Waals surface area contributed by atoms with Gasteiger partial charge in [0.05, 0.1) is 17.8 Å². The summed E-state index contributed by atoms with van der Waals surface area (Å²) in [6.07, 6.45) is 2.86. The number of methoxy groups -OCH3 is 1. The van der Waals surface area contributed by atoms with Crippen molar-refractivity contribution in [3.05, 3.63) is 30.5 Å². The lowest BCUT2D eigenvalue weighted by molar-refractivity contribution is 0.203. The number of fused-ring (bicyclic) bond motifs is 1. The van der Waals surface area contributed by atoms with Gasteiger partial charge in [0.2, 0.25) is 0 Å². The number of nitrogens with two attached hydrogens (primary N) is 1. The Morgan fingerprint density at radius 2 is 2.15 bits per heavy atom. The van der Waals surface area contributed by atoms with Gasteiger partial charge >= 0.3 is 0 Å². The maximum Gasteiger partial charge on any atom is 0.0951 e. The number of aromatic nitrogens is 1. The molecule has 108 valence electrons. The number of pyridine rings is 1. The molecule has 0 aliphatic rings. The van der Waals surface area contributed by atoms with Crippen molar-refractivity contribution in [1.82, 2.24) is 4.98 Å². The largest absolute Gasteiger partial charge is 0.397 e. The van der Waals surface area contributed by atoms with Crippen LogP contribution in [0, 0.1) is 0 Å². The Morgan fingerprint density at radius 1 is 1.35 bits per heavy atom. The van der Waals surface area contributed by atoms with Crippen LogP contribution in [0.5, 0.6) is 0 Å². The van der Waals surface area contributed by atoms with E-state index in [0.29, 0.717) is 12.6 Å². The highest BCUT2D eigenvalue weighted by atomic mass is 16.5. The van der Waals surface area contributed by atoms with Gasteiger partial charge in [0.25, 0.3) is 0 Å². The number of hydrogen-bond donors (Lipinski definition) is 1. The lowest BCUT2D eigenvalue weighted by Crippen LogP contribution is -2.35. The first-order valence-corrected chi connectivity index (χ1v) is 7.07. The number of ether oxygens (including phenoxy) is 1. The molecule has 0 spiro atoms. The topological polar surface area (TPSA) is 51.4 Å². The van der Waals surface area contributed by atoms with E-state index in [0.717, 1.165) is 29.6 Å². The summed E-state index contributed by atoms with van der Waals surface area (Å²) in [6.45, 7) is 5.99. The lowest BCUT2D eigenvalue weighted by atomic mass is 10.1. The molecule has 0 aliphatic heterocycles. The Labute approximate surface area is 120 Å². The molecule has 0 saturated heterocycles. The van der Waals surface area contributed by atoms with Crippen molar-refractivity contribution >= 4 is 22.3 Å². The average molecular weight is 273 g/mol. The van der Waals surface area contributed by atoms with Crippen molar-refractivity contribution in [2.75, 3.05) is 30.9 Å². The molecule has 1 atom stereocenters. The summed E-state index contributed by atoms with van der Waals surface area (Å²) < 4.78 is 5.24. The van der Waals surface area contributed by atoms with Crippen LogP contribution in [0.3, 0.4) is 0 Å². The third-order valence-electron chi connectivity index (χ3n) is 3.75. The van der Waals surface area contributed by atoms with Crippen molar-refractivity contribution in [1.29, 1.82) is 0 Å². The Kier molecular flexibility index (Phi) is 4.79. The Balaban J connectivity index is 2.50. The quantitative estimate of drug-likeness (QED) is 0.822. The molecular formula is C16H23N3O. The van der Waals surface area contributed by atoms with Crippen LogP contribution in [0.25, 0.3) is 10.9 Å². The summed E-state index contributed by atoms with van der Waals surface area (Å²) in [4.78, 5) is 6.77. The predicted molar refractivity (Wildman–Crippen MR) is 85.1 cm³/mol. The van der Waals surface area contributed by atoms with Gasteiger partial charge in [-0.3, -0.25) is 4.98 Å². The molecule has 2 N–H and O–H groups in total. The SMILES string of the molecule is CCC(C)N(CCOC)c1ccc(N)c2ncccc12. The van der Waals surface area contributed by atoms with Crippen molar-refractivity contribution in [2.45, 2.75) is 26.3 Å². The first-order valence-electron chi connectivity index (χ1n) is 7.07. The number of nitrogens with zero attached hydrogens (tertiary/aromatic N) is 2. The van der Waals surface area contributed by atoms with Crippen molar-refractivity contribution in [3.63, 3.8) is 0 Å². The summed E-state index contributed by atoms with van der Waals surface area (Å²) >= 11 is 0. The average Bonchev–Trinajstić information content (AvgIpc) is 2.49. The van der Waals surface area contributed by atoms with Gasteiger partial charge in [-0.25, -0.2) is 0 Å². The standard InChI is InChI=1S/C16H23N3O/c1-4-12(2)19(10-11-20-3)15-8-7-14(17)16-13(15)6-5-9-18-16/h5-9,12H,4,10-11,17H2,1-3H3. The summed E-state index contributed by atoms with van der Waals surface area (Å²) in [6, 6.07) is 8.50. The molecule has 1 aromatic heterocycles. The minimum atomic E-state index is 0.442. The predicted octanol–water partition coefficient (Wildman–Crippen LogP) is 3.07. The molecule has 0 bridgehead atoms. The van der Waals surface area contributed by atoms with E-state index >= 15 is 0 Å². The minimum absolute atomic E-state index is 0.442. The van der Waals surface area contributed by atoms with E-state index in [1.54, 1.807) is 13.3 Å². The van der Waals surface area contributed by atoms with Gasteiger partial charge in [-0.05, 0) is 37.6 Å². The molecule has 20 heavy (non-hydrogen) atoms. The fraction of sp³-hybridized carbons (Fsp3) is 0.438. The third kappa shape index (κ3) is 2.85. The first-order chi connectivity index (χ1) is 9.69. The van der Waals surface area contributed by atoms with Crippen LogP contribution in [0.4, 0.5) is 11.4 Å². The van der Waals surface area contributed by atoms with E-state index in [9.17, 15) is 0 Å². The molecule has 1 heterocycles. The molecule has 0 aliphatic carbocycles. The van der Waals surface area contributed by atoms with Gasteiger partial charge in [-0.2, -0.15) is 0 Å². The third-order valence-corrected chi connectivity index (χ3v) is 3.75. The van der Waals surface area contributed by atoms with Gasteiger partial charge < -0.3 is 15.4 Å². The summed E-state index contributed by atoms with van der Waals surface area (Å²) in [5.74, 6) is 0. The zero-order valence-corrected chi connectivity index (χ0v) is 12.5. The number of hydrogen-bond acceptors (Lipinski definition) is 4. The maximum absolute atomic E-state index is 6.03. The highest BCUT2D eigenvalue weighted by Crippen LogP contribution is 2.30. The second-order valence-corrected chi connectivity index (χ2v) is 5.02. The zero-order valence-electron chi connectivity index (χ0n) is 12.5. The number of anilines is 2. The minimum Gasteiger partial charge on any atom is -0.397 e. The number of nitrogen functional groups attached to an aromatic ring is 1. The first kappa shape index (κ1) is 14.6. The Hall–Kier alpha value is -1.81. The summed E-state index contributed by atoms with van der Waals surface area (Å²) in [5, 5.41) is 1.10. The van der Waals surface area contributed by atoms with Gasteiger partial charge in [-0.15, -0.1) is 0 Å². The van der Waals surface area contributed by atoms with E-state index < -0.39 is 0 Å². The molecule has 0 fully saturated rings. The fourth-order valence-corrected chi connectivity index (χ4v) is 2.42. The molecule has 1 unspecified atom stereocenters. The highest BCUT2D eigenvalue weighted by Gasteiger charge is 2.16. The smallest absolute Gasteiger partial charge is 0.0951 e. The van der Waals surface area contributed by atoms with Crippen LogP contribution in [-0.2, 0) is 4.74 Å². The molecule has 4 nitrogen and oxygen atoms in total. The van der Waals surface area contributed by atoms with Crippen LogP contribution in [0.15, 0.2) is 30.5 Å². The second-order valence-electron chi connectivity index (χ2n) is 5.02. The molecule has 0 radical (unpaired) electrons. The van der Waals surface area contributed by atoms with Crippen molar-refractivity contribution in [3.8, 4) is 0 Å². The second kappa shape index (κ2) is 6.57. The summed E-state index contributed by atoms with van der Waals surface area (Å²) in [5.41, 5.74) is 8.80. The van der Waals surface area contributed by atoms with Gasteiger partial charge in [0.15, 0.2) is 0 Å². The molecule has 1 aromatic carbocycles. The van der Waals surface area contributed by atoms with E-state index in [1.165, 1.54) is 5.69 Å². The Morgan fingerprint density at radius 3 is 2.85 bits per heavy atom. The van der Waals surface area contributed by atoms with Crippen LogP contribution < -0.4 is 10.6 Å². The zero-order chi connectivity index (χ0) is 14.5. The van der Waals surface area contributed by atoms with E-state index in [4.69, 9.17) is 10.5 Å². The molecule has 2 aromatic rings. The van der Waals surface area contributed by atoms with Gasteiger partial charge in [0, 0.05) is 37.0 Å². The molecule has 2 rings (SSSR count). The van der Waals surface area contributed by atoms with Crippen molar-refractivity contribution < 1.29 is 4.74 Å². The molecule has 0 amide bonds. The van der Waals surface area contributed by atoms with Gasteiger partial charge in [-0.1, -0.05) is 6.92 Å². The van der Waals surface area contributed by atoms with E-state index in [1.807, 2.05) is 12.1 Å². The molecule has 4 heteroatoms. The fourth-order valence-electron chi connectivity index (χ4n) is 2.42. The van der Waals surface area contributed by atoms with E-state index in [-0.39, 0.29) is 0 Å².